The van der Waals surface area contributed by atoms with E-state index in [1.165, 1.54) is 23.5 Å². The predicted octanol–water partition coefficient (Wildman–Crippen LogP) is 4.36. The molecule has 3 aromatic carbocycles. The average molecular weight is 495 g/mol. The molecule has 0 aliphatic heterocycles. The van der Waals surface area contributed by atoms with Crippen LogP contribution in [-0.2, 0) is 14.8 Å². The number of nitrogens with one attached hydrogen (secondary N) is 1. The first kappa shape index (κ1) is 23.4. The maximum atomic E-state index is 13.4. The number of rotatable bonds is 8. The Morgan fingerprint density at radius 1 is 0.971 bits per heavy atom. The minimum absolute atomic E-state index is 0.101. The van der Waals surface area contributed by atoms with Crippen LogP contribution in [0.4, 0.5) is 10.8 Å². The van der Waals surface area contributed by atoms with Crippen molar-refractivity contribution in [2.45, 2.75) is 11.8 Å². The number of anilines is 2. The maximum absolute atomic E-state index is 13.4. The van der Waals surface area contributed by atoms with Crippen LogP contribution >= 0.6 is 11.3 Å². The summed E-state index contributed by atoms with van der Waals surface area (Å²) in [5.74, 6) is 0.193. The Morgan fingerprint density at radius 2 is 1.65 bits per heavy atom. The minimum atomic E-state index is -3.98. The summed E-state index contributed by atoms with van der Waals surface area (Å²) >= 11 is 1.19. The summed E-state index contributed by atoms with van der Waals surface area (Å²) in [6.45, 7) is 1.38. The Bertz CT molecular complexity index is 1390. The second-order valence-corrected chi connectivity index (χ2v) is 10.1. The summed E-state index contributed by atoms with van der Waals surface area (Å²) in [4.78, 5) is 13.0. The Labute approximate surface area is 201 Å². The van der Waals surface area contributed by atoms with Crippen LogP contribution in [-0.4, -0.2) is 38.2 Å². The molecule has 0 atom stereocenters. The molecule has 174 valence electrons. The van der Waals surface area contributed by atoms with Crippen LogP contribution in [0.2, 0.25) is 0 Å². The van der Waals surface area contributed by atoms with Crippen molar-refractivity contribution < 1.29 is 17.9 Å². The molecule has 0 radical (unpaired) electrons. The van der Waals surface area contributed by atoms with Gasteiger partial charge in [0.15, 0.2) is 0 Å². The Balaban J connectivity index is 1.57. The zero-order chi connectivity index (χ0) is 24.1. The molecular formula is C24H22N4O4S2. The van der Waals surface area contributed by atoms with E-state index in [-0.39, 0.29) is 10.0 Å². The lowest BCUT2D eigenvalue weighted by molar-refractivity contribution is -0.114. The SMILES string of the molecule is COc1ccc(-c2nnc(NC(=O)CN(c3ccccc3C)S(=O)(=O)c3ccccc3)s2)cc1. The molecule has 0 aliphatic rings. The maximum Gasteiger partial charge on any atom is 0.264 e. The summed E-state index contributed by atoms with van der Waals surface area (Å²) in [5, 5.41) is 11.7. The number of hydrogen-bond donors (Lipinski definition) is 1. The Morgan fingerprint density at radius 3 is 2.32 bits per heavy atom. The lowest BCUT2D eigenvalue weighted by atomic mass is 10.2. The van der Waals surface area contributed by atoms with Crippen LogP contribution in [0.1, 0.15) is 5.56 Å². The van der Waals surface area contributed by atoms with E-state index in [0.29, 0.717) is 10.7 Å². The Kier molecular flexibility index (Phi) is 6.90. The van der Waals surface area contributed by atoms with Crippen LogP contribution < -0.4 is 14.4 Å². The fourth-order valence-electron chi connectivity index (χ4n) is 3.28. The van der Waals surface area contributed by atoms with Gasteiger partial charge in [0.25, 0.3) is 10.0 Å². The fraction of sp³-hybridized carbons (Fsp3) is 0.125. The number of aromatic nitrogens is 2. The molecule has 0 aliphatic carbocycles. The first-order chi connectivity index (χ1) is 16.4. The predicted molar refractivity (Wildman–Crippen MR) is 133 cm³/mol. The molecule has 4 rings (SSSR count). The summed E-state index contributed by atoms with van der Waals surface area (Å²) in [6.07, 6.45) is 0. The van der Waals surface area contributed by atoms with Crippen molar-refractivity contribution in [2.75, 3.05) is 23.3 Å². The van der Waals surface area contributed by atoms with E-state index < -0.39 is 22.5 Å². The van der Waals surface area contributed by atoms with Gasteiger partial charge in [-0.05, 0) is 55.0 Å². The molecule has 10 heteroatoms. The highest BCUT2D eigenvalue weighted by Crippen LogP contribution is 2.29. The molecule has 0 spiro atoms. The quantitative estimate of drug-likeness (QED) is 0.391. The van der Waals surface area contributed by atoms with Gasteiger partial charge in [-0.3, -0.25) is 14.4 Å². The van der Waals surface area contributed by atoms with Gasteiger partial charge in [-0.25, -0.2) is 8.42 Å². The van der Waals surface area contributed by atoms with Gasteiger partial charge in [0.05, 0.1) is 17.7 Å². The molecule has 8 nitrogen and oxygen atoms in total. The number of amides is 1. The molecule has 0 saturated heterocycles. The van der Waals surface area contributed by atoms with Crippen molar-refractivity contribution in [3.63, 3.8) is 0 Å². The topological polar surface area (TPSA) is 101 Å². The number of methoxy groups -OCH3 is 1. The van der Waals surface area contributed by atoms with Crippen LogP contribution in [0.25, 0.3) is 10.6 Å². The number of ether oxygens (including phenoxy) is 1. The molecule has 34 heavy (non-hydrogen) atoms. The molecule has 4 aromatic rings. The highest BCUT2D eigenvalue weighted by atomic mass is 32.2. The highest BCUT2D eigenvalue weighted by molar-refractivity contribution is 7.92. The van der Waals surface area contributed by atoms with Crippen molar-refractivity contribution in [1.82, 2.24) is 10.2 Å². The lowest BCUT2D eigenvalue weighted by Crippen LogP contribution is -2.38. The summed E-state index contributed by atoms with van der Waals surface area (Å²) in [6, 6.07) is 22.4. The van der Waals surface area contributed by atoms with E-state index in [9.17, 15) is 13.2 Å². The summed E-state index contributed by atoms with van der Waals surface area (Å²) < 4.78 is 33.1. The third kappa shape index (κ3) is 5.08. The number of benzene rings is 3. The molecule has 1 heterocycles. The number of carbonyl (C=O) groups is 1. The van der Waals surface area contributed by atoms with E-state index in [2.05, 4.69) is 15.5 Å². The van der Waals surface area contributed by atoms with Gasteiger partial charge in [-0.2, -0.15) is 0 Å². The van der Waals surface area contributed by atoms with Gasteiger partial charge in [-0.1, -0.05) is 47.7 Å². The van der Waals surface area contributed by atoms with E-state index in [0.717, 1.165) is 21.2 Å². The lowest BCUT2D eigenvalue weighted by Gasteiger charge is -2.25. The molecule has 0 bridgehead atoms. The number of aryl methyl sites for hydroxylation is 1. The number of para-hydroxylation sites is 1. The first-order valence-electron chi connectivity index (χ1n) is 10.3. The monoisotopic (exact) mass is 494 g/mol. The largest absolute Gasteiger partial charge is 0.497 e. The van der Waals surface area contributed by atoms with Gasteiger partial charge in [0, 0.05) is 5.56 Å². The van der Waals surface area contributed by atoms with Gasteiger partial charge in [0.1, 0.15) is 17.3 Å². The number of sulfonamides is 1. The van der Waals surface area contributed by atoms with Gasteiger partial charge in [-0.15, -0.1) is 10.2 Å². The van der Waals surface area contributed by atoms with Crippen LogP contribution in [0.15, 0.2) is 83.8 Å². The molecule has 1 N–H and O–H groups in total. The van der Waals surface area contributed by atoms with Crippen molar-refractivity contribution >= 4 is 38.1 Å². The van der Waals surface area contributed by atoms with E-state index >= 15 is 0 Å². The van der Waals surface area contributed by atoms with E-state index in [1.807, 2.05) is 30.3 Å². The van der Waals surface area contributed by atoms with E-state index in [1.54, 1.807) is 50.4 Å². The van der Waals surface area contributed by atoms with Crippen LogP contribution in [0.3, 0.4) is 0 Å². The molecule has 1 amide bonds. The fourth-order valence-corrected chi connectivity index (χ4v) is 5.55. The number of hydrogen-bond acceptors (Lipinski definition) is 7. The number of carbonyl (C=O) groups excluding carboxylic acids is 1. The van der Waals surface area contributed by atoms with Gasteiger partial charge >= 0.3 is 0 Å². The summed E-state index contributed by atoms with van der Waals surface area (Å²) in [7, 11) is -2.39. The first-order valence-corrected chi connectivity index (χ1v) is 12.6. The molecule has 0 saturated carbocycles. The molecule has 0 fully saturated rings. The van der Waals surface area contributed by atoms with Crippen LogP contribution in [0.5, 0.6) is 5.75 Å². The standard InChI is InChI=1S/C24H22N4O4S2/c1-17-8-6-7-11-21(17)28(34(30,31)20-9-4-3-5-10-20)16-22(29)25-24-27-26-23(33-24)18-12-14-19(32-2)15-13-18/h3-15H,16H2,1-2H3,(H,25,27,29). The Hall–Kier alpha value is -3.76. The third-order valence-corrected chi connectivity index (χ3v) is 7.67. The molecular weight excluding hydrogens is 472 g/mol. The van der Waals surface area contributed by atoms with Crippen LogP contribution in [0, 0.1) is 6.92 Å². The minimum Gasteiger partial charge on any atom is -0.497 e. The van der Waals surface area contributed by atoms with Crippen molar-refractivity contribution in [3.8, 4) is 16.3 Å². The second-order valence-electron chi connectivity index (χ2n) is 7.30. The van der Waals surface area contributed by atoms with Crippen molar-refractivity contribution in [1.29, 1.82) is 0 Å². The van der Waals surface area contributed by atoms with E-state index in [4.69, 9.17) is 4.74 Å². The third-order valence-electron chi connectivity index (χ3n) is 5.01. The van der Waals surface area contributed by atoms with Gasteiger partial charge in [0.2, 0.25) is 11.0 Å². The zero-order valence-electron chi connectivity index (χ0n) is 18.5. The average Bonchev–Trinajstić information content (AvgIpc) is 3.32. The van der Waals surface area contributed by atoms with Crippen molar-refractivity contribution in [2.24, 2.45) is 0 Å². The smallest absolute Gasteiger partial charge is 0.264 e. The van der Waals surface area contributed by atoms with Crippen molar-refractivity contribution in [3.05, 3.63) is 84.4 Å². The van der Waals surface area contributed by atoms with Gasteiger partial charge < -0.3 is 4.74 Å². The zero-order valence-corrected chi connectivity index (χ0v) is 20.1. The number of nitrogens with zero attached hydrogens (tertiary/aromatic N) is 3. The normalized spacial score (nSPS) is 11.1. The second kappa shape index (κ2) is 10.0. The molecule has 1 aromatic heterocycles. The molecule has 0 unspecified atom stereocenters. The highest BCUT2D eigenvalue weighted by Gasteiger charge is 2.28. The summed E-state index contributed by atoms with van der Waals surface area (Å²) in [5.41, 5.74) is 1.98.